The van der Waals surface area contributed by atoms with Crippen LogP contribution >= 0.6 is 11.3 Å². The van der Waals surface area contributed by atoms with E-state index in [9.17, 15) is 18.0 Å². The van der Waals surface area contributed by atoms with Crippen LogP contribution in [0.25, 0.3) is 0 Å². The van der Waals surface area contributed by atoms with Gasteiger partial charge in [0.25, 0.3) is 5.91 Å². The second kappa shape index (κ2) is 9.13. The molecule has 0 unspecified atom stereocenters. The first-order valence-corrected chi connectivity index (χ1v) is 10.2. The number of carbonyl (C=O) groups is 2. The van der Waals surface area contributed by atoms with Crippen molar-refractivity contribution >= 4 is 23.2 Å². The van der Waals surface area contributed by atoms with Gasteiger partial charge in [-0.15, -0.1) is 16.4 Å². The number of hydrogen-bond donors (Lipinski definition) is 2. The van der Waals surface area contributed by atoms with Crippen LogP contribution in [0.15, 0.2) is 12.1 Å². The van der Waals surface area contributed by atoms with E-state index in [0.29, 0.717) is 18.2 Å². The summed E-state index contributed by atoms with van der Waals surface area (Å²) in [5.74, 6) is -1.95. The number of halogens is 3. The second-order valence-corrected chi connectivity index (χ2v) is 8.59. The molecule has 2 aliphatic rings. The van der Waals surface area contributed by atoms with Gasteiger partial charge in [-0.1, -0.05) is 5.21 Å². The van der Waals surface area contributed by atoms with Gasteiger partial charge in [-0.2, -0.15) is 13.2 Å². The maximum absolute atomic E-state index is 12.7. The van der Waals surface area contributed by atoms with E-state index in [-0.39, 0.29) is 5.91 Å². The lowest BCUT2D eigenvalue weighted by Gasteiger charge is -2.27. The lowest BCUT2D eigenvalue weighted by atomic mass is 10.2. The molecule has 0 bridgehead atoms. The minimum absolute atomic E-state index is 0.0944. The molecule has 0 radical (unpaired) electrons. The number of thiophene rings is 1. The van der Waals surface area contributed by atoms with E-state index in [4.69, 9.17) is 9.90 Å². The molecular formula is C18H22F3N5O3S. The average molecular weight is 445 g/mol. The first-order chi connectivity index (χ1) is 14.1. The van der Waals surface area contributed by atoms with Gasteiger partial charge in [-0.25, -0.2) is 9.48 Å². The number of aliphatic carboxylic acids is 1. The second-order valence-electron chi connectivity index (χ2n) is 7.22. The van der Waals surface area contributed by atoms with Gasteiger partial charge in [0.1, 0.15) is 5.69 Å². The maximum atomic E-state index is 12.7. The smallest absolute Gasteiger partial charge is 0.475 e. The van der Waals surface area contributed by atoms with Gasteiger partial charge in [0.2, 0.25) is 0 Å². The normalized spacial score (nSPS) is 16.1. The van der Waals surface area contributed by atoms with Gasteiger partial charge in [-0.3, -0.25) is 4.79 Å². The summed E-state index contributed by atoms with van der Waals surface area (Å²) in [6.45, 7) is 5.89. The highest BCUT2D eigenvalue weighted by Gasteiger charge is 2.38. The third kappa shape index (κ3) is 5.79. The predicted molar refractivity (Wildman–Crippen MR) is 102 cm³/mol. The molecule has 3 heterocycles. The third-order valence-corrected chi connectivity index (χ3v) is 5.68. The summed E-state index contributed by atoms with van der Waals surface area (Å²) < 4.78 is 33.5. The van der Waals surface area contributed by atoms with Gasteiger partial charge in [-0.05, 0) is 37.8 Å². The molecule has 0 aromatic carbocycles. The first-order valence-electron chi connectivity index (χ1n) is 9.43. The molecule has 2 aromatic heterocycles. The number of aryl methyl sites for hydroxylation is 1. The van der Waals surface area contributed by atoms with E-state index >= 15 is 0 Å². The number of carboxylic acids is 1. The number of amides is 1. The highest BCUT2D eigenvalue weighted by molar-refractivity contribution is 7.11. The number of nitrogens with zero attached hydrogens (tertiary/aromatic N) is 4. The molecule has 1 fully saturated rings. The number of aromatic nitrogens is 3. The van der Waals surface area contributed by atoms with Gasteiger partial charge in [0.15, 0.2) is 5.69 Å². The zero-order valence-corrected chi connectivity index (χ0v) is 17.1. The van der Waals surface area contributed by atoms with Crippen LogP contribution in [0.3, 0.4) is 0 Å². The number of hydrogen-bond acceptors (Lipinski definition) is 6. The monoisotopic (exact) mass is 445 g/mol. The van der Waals surface area contributed by atoms with Crippen molar-refractivity contribution in [2.45, 2.75) is 45.6 Å². The van der Waals surface area contributed by atoms with E-state index < -0.39 is 12.1 Å². The fourth-order valence-electron chi connectivity index (χ4n) is 3.00. The van der Waals surface area contributed by atoms with Crippen LogP contribution in [-0.2, 0) is 24.4 Å². The Kier molecular flexibility index (Phi) is 6.76. The molecule has 2 aromatic rings. The molecule has 1 saturated carbocycles. The lowest BCUT2D eigenvalue weighted by molar-refractivity contribution is -0.192. The van der Waals surface area contributed by atoms with Crippen LogP contribution in [0, 0.1) is 12.8 Å². The summed E-state index contributed by atoms with van der Waals surface area (Å²) in [5.41, 5.74) is 1.44. The van der Waals surface area contributed by atoms with Crippen LogP contribution in [0.1, 0.15) is 38.8 Å². The highest BCUT2D eigenvalue weighted by atomic mass is 32.1. The van der Waals surface area contributed by atoms with Gasteiger partial charge >= 0.3 is 12.1 Å². The Morgan fingerprint density at radius 2 is 2.00 bits per heavy atom. The van der Waals surface area contributed by atoms with E-state index in [1.165, 1.54) is 22.6 Å². The fraction of sp³-hybridized carbons (Fsp3) is 0.556. The van der Waals surface area contributed by atoms with Crippen LogP contribution in [0.4, 0.5) is 13.2 Å². The van der Waals surface area contributed by atoms with Crippen molar-refractivity contribution in [2.75, 3.05) is 13.1 Å². The Morgan fingerprint density at radius 3 is 2.57 bits per heavy atom. The molecule has 30 heavy (non-hydrogen) atoms. The lowest BCUT2D eigenvalue weighted by Crippen LogP contribution is -2.42. The first kappa shape index (κ1) is 22.2. The Hall–Kier alpha value is -2.47. The number of carbonyl (C=O) groups excluding carboxylic acids is 1. The van der Waals surface area contributed by atoms with Crippen molar-refractivity contribution in [1.82, 2.24) is 25.2 Å². The molecule has 4 rings (SSSR count). The molecule has 2 N–H and O–H groups in total. The average Bonchev–Trinajstić information content (AvgIpc) is 3.24. The summed E-state index contributed by atoms with van der Waals surface area (Å²) >= 11 is 1.79. The molecule has 0 spiro atoms. The third-order valence-electron chi connectivity index (χ3n) is 4.68. The molecule has 12 heteroatoms. The highest BCUT2D eigenvalue weighted by Crippen LogP contribution is 2.31. The molecule has 164 valence electrons. The van der Waals surface area contributed by atoms with Gasteiger partial charge in [0, 0.05) is 35.9 Å². The molecule has 0 atom stereocenters. The van der Waals surface area contributed by atoms with Crippen molar-refractivity contribution in [3.63, 3.8) is 0 Å². The van der Waals surface area contributed by atoms with Crippen LogP contribution in [0.2, 0.25) is 0 Å². The van der Waals surface area contributed by atoms with Crippen molar-refractivity contribution < 1.29 is 27.9 Å². The standard InChI is InChI=1S/C16H21N5OS.C2HF3O2/c1-11-2-5-13(23-11)8-17-9-14-15-16(22)20(10-12-3-4-12)6-7-21(15)19-18-14;3-2(4,5)1(6)7/h2,5,12,17H,3-4,6-10H2,1H3;(H,6,7). The summed E-state index contributed by atoms with van der Waals surface area (Å²) in [6, 6.07) is 4.26. The number of alkyl halides is 3. The summed E-state index contributed by atoms with van der Waals surface area (Å²) in [6.07, 6.45) is -2.56. The van der Waals surface area contributed by atoms with Crippen molar-refractivity contribution in [1.29, 1.82) is 0 Å². The van der Waals surface area contributed by atoms with Crippen molar-refractivity contribution in [2.24, 2.45) is 5.92 Å². The zero-order chi connectivity index (χ0) is 21.9. The molecule has 1 amide bonds. The number of rotatable bonds is 6. The number of fused-ring (bicyclic) bond motifs is 1. The topological polar surface area (TPSA) is 100 Å². The fourth-order valence-corrected chi connectivity index (χ4v) is 3.86. The van der Waals surface area contributed by atoms with Crippen molar-refractivity contribution in [3.05, 3.63) is 33.3 Å². The van der Waals surface area contributed by atoms with Crippen LogP contribution in [0.5, 0.6) is 0 Å². The predicted octanol–water partition coefficient (Wildman–Crippen LogP) is 2.44. The molecular weight excluding hydrogens is 423 g/mol. The van der Waals surface area contributed by atoms with Crippen molar-refractivity contribution in [3.8, 4) is 0 Å². The summed E-state index contributed by atoms with van der Waals surface area (Å²) in [4.78, 5) is 26.2. The largest absolute Gasteiger partial charge is 0.490 e. The minimum atomic E-state index is -5.08. The molecule has 0 saturated heterocycles. The number of nitrogens with one attached hydrogen (secondary N) is 1. The Balaban J connectivity index is 0.000000318. The molecule has 8 nitrogen and oxygen atoms in total. The van der Waals surface area contributed by atoms with Gasteiger partial charge < -0.3 is 15.3 Å². The Bertz CT molecular complexity index is 907. The van der Waals surface area contributed by atoms with E-state index in [2.05, 4.69) is 34.7 Å². The number of carboxylic acid groups (broad SMARTS) is 1. The van der Waals surface area contributed by atoms with Gasteiger partial charge in [0.05, 0.1) is 6.54 Å². The molecule has 1 aliphatic carbocycles. The molecule has 1 aliphatic heterocycles. The van der Waals surface area contributed by atoms with Crippen LogP contribution < -0.4 is 5.32 Å². The van der Waals surface area contributed by atoms with E-state index in [1.807, 2.05) is 4.90 Å². The van der Waals surface area contributed by atoms with Crippen LogP contribution in [-0.4, -0.2) is 56.1 Å². The zero-order valence-electron chi connectivity index (χ0n) is 16.3. The minimum Gasteiger partial charge on any atom is -0.475 e. The maximum Gasteiger partial charge on any atom is 0.490 e. The van der Waals surface area contributed by atoms with E-state index in [0.717, 1.165) is 31.9 Å². The SMILES string of the molecule is Cc1ccc(CNCc2nnn3c2C(=O)N(CC2CC2)CC3)s1.O=C(O)C(F)(F)F. The quantitative estimate of drug-likeness (QED) is 0.709. The Morgan fingerprint density at radius 1 is 1.30 bits per heavy atom. The summed E-state index contributed by atoms with van der Waals surface area (Å²) in [7, 11) is 0. The Labute approximate surface area is 174 Å². The summed E-state index contributed by atoms with van der Waals surface area (Å²) in [5, 5.41) is 18.9. The van der Waals surface area contributed by atoms with E-state index in [1.54, 1.807) is 16.0 Å².